The Morgan fingerprint density at radius 1 is 1.03 bits per heavy atom. The zero-order valence-corrected chi connectivity index (χ0v) is 18.4. The van der Waals surface area contributed by atoms with Crippen LogP contribution in [0.15, 0.2) is 60.0 Å². The van der Waals surface area contributed by atoms with Gasteiger partial charge in [0, 0.05) is 11.4 Å². The SMILES string of the molecule is COc1ccc(/C=N\OCc2nc3c4c(C)c(C)n(-c5ccc(F)cc5)c4ncn3n2)cc1. The van der Waals surface area contributed by atoms with Crippen molar-refractivity contribution in [3.63, 3.8) is 0 Å². The summed E-state index contributed by atoms with van der Waals surface area (Å²) in [6.45, 7) is 4.14. The molecule has 5 rings (SSSR count). The fourth-order valence-corrected chi connectivity index (χ4v) is 3.76. The fourth-order valence-electron chi connectivity index (χ4n) is 3.76. The molecule has 0 unspecified atom stereocenters. The van der Waals surface area contributed by atoms with E-state index in [1.165, 1.54) is 12.1 Å². The Bertz CT molecular complexity index is 1470. The summed E-state index contributed by atoms with van der Waals surface area (Å²) in [7, 11) is 1.62. The molecule has 0 fully saturated rings. The number of nitrogens with zero attached hydrogens (tertiary/aromatic N) is 6. The largest absolute Gasteiger partial charge is 0.497 e. The second-order valence-corrected chi connectivity index (χ2v) is 7.54. The fraction of sp³-hybridized carbons (Fsp3) is 0.167. The van der Waals surface area contributed by atoms with E-state index in [0.717, 1.165) is 39.3 Å². The van der Waals surface area contributed by atoms with Gasteiger partial charge in [-0.1, -0.05) is 5.16 Å². The van der Waals surface area contributed by atoms with Crippen molar-refractivity contribution in [2.75, 3.05) is 7.11 Å². The van der Waals surface area contributed by atoms with Gasteiger partial charge in [0.25, 0.3) is 0 Å². The van der Waals surface area contributed by atoms with Crippen LogP contribution in [-0.2, 0) is 11.4 Å². The molecule has 0 aliphatic carbocycles. The van der Waals surface area contributed by atoms with Crippen LogP contribution in [0.25, 0.3) is 22.4 Å². The van der Waals surface area contributed by atoms with E-state index in [0.29, 0.717) is 11.5 Å². The van der Waals surface area contributed by atoms with Gasteiger partial charge >= 0.3 is 0 Å². The Hall–Kier alpha value is -4.27. The first kappa shape index (κ1) is 20.6. The maximum Gasteiger partial charge on any atom is 0.192 e. The molecule has 9 heteroatoms. The van der Waals surface area contributed by atoms with E-state index >= 15 is 0 Å². The van der Waals surface area contributed by atoms with Gasteiger partial charge in [0.2, 0.25) is 0 Å². The van der Waals surface area contributed by atoms with Gasteiger partial charge < -0.3 is 9.57 Å². The first-order valence-electron chi connectivity index (χ1n) is 10.3. The highest BCUT2D eigenvalue weighted by Gasteiger charge is 2.19. The monoisotopic (exact) mass is 444 g/mol. The molecule has 166 valence electrons. The number of aryl methyl sites for hydroxylation is 1. The summed E-state index contributed by atoms with van der Waals surface area (Å²) in [5.74, 6) is 0.986. The smallest absolute Gasteiger partial charge is 0.192 e. The Labute approximate surface area is 188 Å². The van der Waals surface area contributed by atoms with Crippen LogP contribution in [0, 0.1) is 19.7 Å². The molecule has 33 heavy (non-hydrogen) atoms. The number of hydrogen-bond donors (Lipinski definition) is 0. The van der Waals surface area contributed by atoms with Gasteiger partial charge in [-0.3, -0.25) is 4.57 Å². The van der Waals surface area contributed by atoms with Gasteiger partial charge in [0.05, 0.1) is 18.7 Å². The van der Waals surface area contributed by atoms with Crippen LogP contribution in [0.5, 0.6) is 5.75 Å². The third-order valence-electron chi connectivity index (χ3n) is 5.55. The summed E-state index contributed by atoms with van der Waals surface area (Å²) >= 11 is 0. The number of benzene rings is 2. The summed E-state index contributed by atoms with van der Waals surface area (Å²) in [5.41, 5.74) is 5.17. The highest BCUT2D eigenvalue weighted by atomic mass is 19.1. The average molecular weight is 444 g/mol. The van der Waals surface area contributed by atoms with E-state index in [1.807, 2.05) is 42.7 Å². The van der Waals surface area contributed by atoms with E-state index in [9.17, 15) is 4.39 Å². The van der Waals surface area contributed by atoms with Crippen molar-refractivity contribution in [1.29, 1.82) is 0 Å². The predicted octanol–water partition coefficient (Wildman–Crippen LogP) is 4.38. The summed E-state index contributed by atoms with van der Waals surface area (Å²) in [6.07, 6.45) is 3.24. The van der Waals surface area contributed by atoms with Crippen LogP contribution in [0.1, 0.15) is 22.6 Å². The van der Waals surface area contributed by atoms with Gasteiger partial charge in [0.1, 0.15) is 17.9 Å². The first-order valence-corrected chi connectivity index (χ1v) is 10.3. The predicted molar refractivity (Wildman–Crippen MR) is 122 cm³/mol. The molecule has 0 aliphatic heterocycles. The van der Waals surface area contributed by atoms with Gasteiger partial charge in [0.15, 0.2) is 23.7 Å². The van der Waals surface area contributed by atoms with E-state index in [2.05, 4.69) is 20.2 Å². The number of halogens is 1. The second-order valence-electron chi connectivity index (χ2n) is 7.54. The molecule has 0 bridgehead atoms. The molecule has 0 radical (unpaired) electrons. The number of fused-ring (bicyclic) bond motifs is 3. The molecule has 0 saturated heterocycles. The number of methoxy groups -OCH3 is 1. The summed E-state index contributed by atoms with van der Waals surface area (Å²) < 4.78 is 22.2. The summed E-state index contributed by atoms with van der Waals surface area (Å²) in [5, 5.41) is 9.35. The Kier molecular flexibility index (Phi) is 5.21. The lowest BCUT2D eigenvalue weighted by Crippen LogP contribution is -1.99. The summed E-state index contributed by atoms with van der Waals surface area (Å²) in [6, 6.07) is 13.8. The number of oxime groups is 1. The van der Waals surface area contributed by atoms with Crippen LogP contribution < -0.4 is 4.74 Å². The molecule has 0 N–H and O–H groups in total. The van der Waals surface area contributed by atoms with E-state index in [-0.39, 0.29) is 12.4 Å². The van der Waals surface area contributed by atoms with Crippen LogP contribution in [0.3, 0.4) is 0 Å². The topological polar surface area (TPSA) is 78.8 Å². The number of ether oxygens (including phenoxy) is 1. The van der Waals surface area contributed by atoms with E-state index in [1.54, 1.807) is 36.3 Å². The van der Waals surface area contributed by atoms with Crippen molar-refractivity contribution in [2.45, 2.75) is 20.5 Å². The minimum absolute atomic E-state index is 0.118. The van der Waals surface area contributed by atoms with Crippen molar-refractivity contribution in [1.82, 2.24) is 24.1 Å². The number of aromatic nitrogens is 5. The van der Waals surface area contributed by atoms with E-state index < -0.39 is 0 Å². The van der Waals surface area contributed by atoms with Crippen molar-refractivity contribution in [3.05, 3.63) is 83.3 Å². The highest BCUT2D eigenvalue weighted by molar-refractivity contribution is 5.95. The van der Waals surface area contributed by atoms with Crippen LogP contribution in [0.2, 0.25) is 0 Å². The molecule has 0 atom stereocenters. The maximum atomic E-state index is 13.4. The molecule has 2 aromatic carbocycles. The van der Waals surface area contributed by atoms with Gasteiger partial charge in [-0.15, -0.1) is 5.10 Å². The quantitative estimate of drug-likeness (QED) is 0.287. The molecular formula is C24H21FN6O2. The molecule has 3 heterocycles. The molecule has 8 nitrogen and oxygen atoms in total. The van der Waals surface area contributed by atoms with Crippen LogP contribution >= 0.6 is 0 Å². The molecule has 0 spiro atoms. The standard InChI is InChI=1S/C24H21FN6O2/c1-15-16(2)31(19-8-6-18(25)7-9-19)23-22(15)24-28-21(29-30(24)14-26-23)13-33-27-12-17-4-10-20(32-3)11-5-17/h4-12,14H,13H2,1-3H3/b27-12-. The van der Waals surface area contributed by atoms with Crippen molar-refractivity contribution in [2.24, 2.45) is 5.16 Å². The summed E-state index contributed by atoms with van der Waals surface area (Å²) in [4.78, 5) is 14.7. The zero-order valence-electron chi connectivity index (χ0n) is 18.4. The highest BCUT2D eigenvalue weighted by Crippen LogP contribution is 2.29. The van der Waals surface area contributed by atoms with Gasteiger partial charge in [-0.05, 0) is 73.5 Å². The third-order valence-corrected chi connectivity index (χ3v) is 5.55. The molecule has 0 saturated carbocycles. The van der Waals surface area contributed by atoms with E-state index in [4.69, 9.17) is 9.57 Å². The maximum absolute atomic E-state index is 13.4. The van der Waals surface area contributed by atoms with Gasteiger partial charge in [-0.25, -0.2) is 18.9 Å². The van der Waals surface area contributed by atoms with Crippen molar-refractivity contribution >= 4 is 22.9 Å². The molecule has 0 aliphatic rings. The number of rotatable bonds is 6. The van der Waals surface area contributed by atoms with Crippen molar-refractivity contribution in [3.8, 4) is 11.4 Å². The average Bonchev–Trinajstić information content (AvgIpc) is 3.36. The second kappa shape index (κ2) is 8.34. The number of hydrogen-bond acceptors (Lipinski definition) is 6. The van der Waals surface area contributed by atoms with Crippen LogP contribution in [-0.4, -0.2) is 37.5 Å². The normalized spacial score (nSPS) is 11.6. The molecular weight excluding hydrogens is 423 g/mol. The molecule has 5 aromatic rings. The first-order chi connectivity index (χ1) is 16.0. The molecule has 0 amide bonds. The van der Waals surface area contributed by atoms with Crippen molar-refractivity contribution < 1.29 is 14.0 Å². The third kappa shape index (κ3) is 3.78. The minimum Gasteiger partial charge on any atom is -0.497 e. The molecule has 3 aromatic heterocycles. The minimum atomic E-state index is -0.281. The zero-order chi connectivity index (χ0) is 22.9. The Morgan fingerprint density at radius 3 is 2.52 bits per heavy atom. The Balaban J connectivity index is 1.43. The lowest BCUT2D eigenvalue weighted by atomic mass is 10.2. The lowest BCUT2D eigenvalue weighted by Gasteiger charge is -2.07. The Morgan fingerprint density at radius 2 is 1.79 bits per heavy atom. The van der Waals surface area contributed by atoms with Gasteiger partial charge in [-0.2, -0.15) is 0 Å². The van der Waals surface area contributed by atoms with Crippen LogP contribution in [0.4, 0.5) is 4.39 Å². The lowest BCUT2D eigenvalue weighted by molar-refractivity contribution is 0.126.